The standard InChI is InChI=1S/C31H43F3N6O4S/c1-21-28(30(41)40-16-12-25(13-17-40)39-14-10-24(11-15-39)38(2)45(3,42)43)36-20-37-29(21)35-19-26-8-5-9-27(44-26)22-6-4-7-23(18-22)31(32,33)34/h4,6-7,18,20,24-27H,5,8-17,19H2,1-3H3,(H,35,36,37)/t26-,27+/m1/s1. The van der Waals surface area contributed by atoms with Crippen LogP contribution >= 0.6 is 0 Å². The molecule has 5 rings (SSSR count). The molecule has 3 fully saturated rings. The second kappa shape index (κ2) is 13.9. The second-order valence-corrected chi connectivity index (χ2v) is 14.5. The van der Waals surface area contributed by atoms with Crippen LogP contribution in [0.15, 0.2) is 30.6 Å². The van der Waals surface area contributed by atoms with Crippen molar-refractivity contribution in [3.05, 3.63) is 53.0 Å². The van der Waals surface area contributed by atoms with Crippen LogP contribution in [0.1, 0.15) is 78.2 Å². The van der Waals surface area contributed by atoms with Crippen molar-refractivity contribution < 1.29 is 31.1 Å². The van der Waals surface area contributed by atoms with Crippen molar-refractivity contribution in [2.24, 2.45) is 0 Å². The van der Waals surface area contributed by atoms with Gasteiger partial charge in [0.1, 0.15) is 17.8 Å². The third kappa shape index (κ3) is 8.13. The number of alkyl halides is 3. The Bertz CT molecular complexity index is 1440. The molecule has 45 heavy (non-hydrogen) atoms. The number of amides is 1. The van der Waals surface area contributed by atoms with Gasteiger partial charge < -0.3 is 19.9 Å². The first-order valence-corrected chi connectivity index (χ1v) is 17.5. The summed E-state index contributed by atoms with van der Waals surface area (Å²) in [5.41, 5.74) is 0.837. The number of carbonyl (C=O) groups excluding carboxylic acids is 1. The maximum atomic E-state index is 13.5. The number of benzene rings is 1. The fraction of sp³-hybridized carbons (Fsp3) is 0.645. The number of rotatable bonds is 8. The number of halogens is 3. The lowest BCUT2D eigenvalue weighted by Crippen LogP contribution is -2.52. The zero-order valence-corrected chi connectivity index (χ0v) is 26.9. The van der Waals surface area contributed by atoms with Crippen molar-refractivity contribution in [3.63, 3.8) is 0 Å². The summed E-state index contributed by atoms with van der Waals surface area (Å²) < 4.78 is 71.1. The number of hydrogen-bond acceptors (Lipinski definition) is 8. The number of ether oxygens (including phenoxy) is 1. The molecule has 4 heterocycles. The van der Waals surface area contributed by atoms with Crippen LogP contribution in [0.5, 0.6) is 0 Å². The second-order valence-electron chi connectivity index (χ2n) is 12.4. The highest BCUT2D eigenvalue weighted by molar-refractivity contribution is 7.88. The predicted molar refractivity (Wildman–Crippen MR) is 164 cm³/mol. The Morgan fingerprint density at radius 2 is 1.78 bits per heavy atom. The number of carbonyl (C=O) groups is 1. The molecule has 2 aromatic rings. The molecule has 3 aliphatic heterocycles. The van der Waals surface area contributed by atoms with Gasteiger partial charge in [-0.2, -0.15) is 13.2 Å². The van der Waals surface area contributed by atoms with E-state index in [-0.39, 0.29) is 18.1 Å². The number of nitrogens with zero attached hydrogens (tertiary/aromatic N) is 5. The van der Waals surface area contributed by atoms with Crippen LogP contribution < -0.4 is 5.32 Å². The topological polar surface area (TPSA) is 108 Å². The smallest absolute Gasteiger partial charge is 0.368 e. The molecule has 2 atom stereocenters. The summed E-state index contributed by atoms with van der Waals surface area (Å²) in [6.45, 7) is 5.14. The summed E-state index contributed by atoms with van der Waals surface area (Å²) in [7, 11) is -1.55. The summed E-state index contributed by atoms with van der Waals surface area (Å²) in [4.78, 5) is 26.4. The van der Waals surface area contributed by atoms with E-state index in [4.69, 9.17) is 4.74 Å². The summed E-state index contributed by atoms with van der Waals surface area (Å²) in [6, 6.07) is 5.71. The lowest BCUT2D eigenvalue weighted by Gasteiger charge is -2.43. The average molecular weight is 653 g/mol. The van der Waals surface area contributed by atoms with E-state index in [0.29, 0.717) is 54.7 Å². The molecule has 0 aliphatic carbocycles. The Morgan fingerprint density at radius 1 is 1.07 bits per heavy atom. The number of aromatic nitrogens is 2. The van der Waals surface area contributed by atoms with Gasteiger partial charge in [-0.1, -0.05) is 12.1 Å². The van der Waals surface area contributed by atoms with Crippen LogP contribution in [0.2, 0.25) is 0 Å². The fourth-order valence-electron chi connectivity index (χ4n) is 6.73. The van der Waals surface area contributed by atoms with Crippen LogP contribution in [-0.4, -0.2) is 103 Å². The summed E-state index contributed by atoms with van der Waals surface area (Å²) in [5.74, 6) is 0.401. The van der Waals surface area contributed by atoms with Crippen molar-refractivity contribution >= 4 is 21.7 Å². The molecule has 0 unspecified atom stereocenters. The van der Waals surface area contributed by atoms with Gasteiger partial charge in [-0.15, -0.1) is 0 Å². The maximum Gasteiger partial charge on any atom is 0.416 e. The minimum Gasteiger partial charge on any atom is -0.368 e. The molecule has 248 valence electrons. The molecule has 10 nitrogen and oxygen atoms in total. The first kappa shape index (κ1) is 33.6. The third-order valence-corrected chi connectivity index (χ3v) is 10.9. The lowest BCUT2D eigenvalue weighted by molar-refractivity contribution is -0.137. The Kier molecular flexibility index (Phi) is 10.4. The first-order chi connectivity index (χ1) is 21.3. The van der Waals surface area contributed by atoms with Crippen LogP contribution in [0, 0.1) is 6.92 Å². The third-order valence-electron chi connectivity index (χ3n) is 9.52. The molecule has 1 amide bonds. The number of hydrogen-bond donors (Lipinski definition) is 1. The van der Waals surface area contributed by atoms with Gasteiger partial charge in [0, 0.05) is 44.3 Å². The molecule has 0 saturated carbocycles. The van der Waals surface area contributed by atoms with Gasteiger partial charge in [0.15, 0.2) is 0 Å². The van der Waals surface area contributed by atoms with E-state index in [9.17, 15) is 26.4 Å². The van der Waals surface area contributed by atoms with Crippen molar-refractivity contribution in [2.45, 2.75) is 82.3 Å². The number of piperidine rings is 2. The molecule has 1 N–H and O–H groups in total. The van der Waals surface area contributed by atoms with E-state index in [1.807, 2.05) is 11.8 Å². The number of likely N-dealkylation sites (tertiary alicyclic amines) is 2. The normalized spacial score (nSPS) is 23.0. The maximum absolute atomic E-state index is 13.5. The van der Waals surface area contributed by atoms with E-state index >= 15 is 0 Å². The molecule has 3 aliphatic rings. The SMILES string of the molecule is Cc1c(NC[C@H]2CCC[C@@H](c3cccc(C(F)(F)F)c3)O2)ncnc1C(=O)N1CCC(N2CCC(N(C)S(C)(=O)=O)CC2)CC1. The predicted octanol–water partition coefficient (Wildman–Crippen LogP) is 4.49. The highest BCUT2D eigenvalue weighted by Gasteiger charge is 2.34. The largest absolute Gasteiger partial charge is 0.416 e. The lowest BCUT2D eigenvalue weighted by atomic mass is 9.97. The van der Waals surface area contributed by atoms with Gasteiger partial charge in [0.2, 0.25) is 10.0 Å². The molecular formula is C31H43F3N6O4S. The molecule has 14 heteroatoms. The fourth-order valence-corrected chi connectivity index (χ4v) is 7.49. The van der Waals surface area contributed by atoms with Crippen LogP contribution in [-0.2, 0) is 20.9 Å². The van der Waals surface area contributed by atoms with E-state index in [0.717, 1.165) is 57.7 Å². The van der Waals surface area contributed by atoms with Gasteiger partial charge in [-0.05, 0) is 82.7 Å². The quantitative estimate of drug-likeness (QED) is 0.445. The Hall–Kier alpha value is -2.81. The number of anilines is 1. The molecule has 1 aromatic heterocycles. The first-order valence-electron chi connectivity index (χ1n) is 15.7. The molecule has 1 aromatic carbocycles. The van der Waals surface area contributed by atoms with Crippen LogP contribution in [0.4, 0.5) is 19.0 Å². The Labute approximate surface area is 263 Å². The minimum atomic E-state index is -4.40. The summed E-state index contributed by atoms with van der Waals surface area (Å²) >= 11 is 0. The van der Waals surface area contributed by atoms with Gasteiger partial charge >= 0.3 is 6.18 Å². The Morgan fingerprint density at radius 3 is 2.44 bits per heavy atom. The Balaban J connectivity index is 1.12. The van der Waals surface area contributed by atoms with E-state index in [2.05, 4.69) is 20.2 Å². The van der Waals surface area contributed by atoms with Crippen LogP contribution in [0.25, 0.3) is 0 Å². The van der Waals surface area contributed by atoms with E-state index < -0.39 is 27.9 Å². The summed E-state index contributed by atoms with van der Waals surface area (Å²) in [5, 5.41) is 3.28. The van der Waals surface area contributed by atoms with Crippen molar-refractivity contribution in [1.29, 1.82) is 0 Å². The molecular weight excluding hydrogens is 609 g/mol. The molecule has 0 bridgehead atoms. The van der Waals surface area contributed by atoms with Gasteiger partial charge in [0.25, 0.3) is 5.91 Å². The number of nitrogens with one attached hydrogen (secondary N) is 1. The van der Waals surface area contributed by atoms with E-state index in [1.54, 1.807) is 13.1 Å². The molecule has 0 spiro atoms. The zero-order valence-electron chi connectivity index (χ0n) is 26.1. The van der Waals surface area contributed by atoms with E-state index in [1.165, 1.54) is 29.0 Å². The highest BCUT2D eigenvalue weighted by Crippen LogP contribution is 2.35. The van der Waals surface area contributed by atoms with Gasteiger partial charge in [-0.3, -0.25) is 4.79 Å². The number of sulfonamides is 1. The minimum absolute atomic E-state index is 0.0305. The average Bonchev–Trinajstić information content (AvgIpc) is 3.03. The molecule has 0 radical (unpaired) electrons. The van der Waals surface area contributed by atoms with Crippen molar-refractivity contribution in [1.82, 2.24) is 24.1 Å². The monoisotopic (exact) mass is 652 g/mol. The van der Waals surface area contributed by atoms with Crippen molar-refractivity contribution in [2.75, 3.05) is 51.3 Å². The van der Waals surface area contributed by atoms with Gasteiger partial charge in [-0.25, -0.2) is 22.7 Å². The molecule has 3 saturated heterocycles. The van der Waals surface area contributed by atoms with Crippen LogP contribution in [0.3, 0.4) is 0 Å². The highest BCUT2D eigenvalue weighted by atomic mass is 32.2. The zero-order chi connectivity index (χ0) is 32.4. The summed E-state index contributed by atoms with van der Waals surface area (Å²) in [6.07, 6.45) is 3.12. The van der Waals surface area contributed by atoms with Crippen molar-refractivity contribution in [3.8, 4) is 0 Å². The van der Waals surface area contributed by atoms with Gasteiger partial charge in [0.05, 0.1) is 24.0 Å².